The number of hydrogen-bond donors (Lipinski definition) is 1. The van der Waals surface area contributed by atoms with Crippen LogP contribution in [0.4, 0.5) is 4.39 Å². The van der Waals surface area contributed by atoms with Crippen LogP contribution in [-0.2, 0) is 16.4 Å². The fraction of sp³-hybridized carbons (Fsp3) is 0.148. The molecule has 0 saturated heterocycles. The number of ether oxygens (including phenoxy) is 1. The lowest BCUT2D eigenvalue weighted by Crippen LogP contribution is -2.27. The molecule has 0 unspecified atom stereocenters. The summed E-state index contributed by atoms with van der Waals surface area (Å²) < 4.78 is 46.8. The van der Waals surface area contributed by atoms with Crippen LogP contribution in [0.5, 0.6) is 5.75 Å². The topological polar surface area (TPSA) is 152 Å². The maximum atomic E-state index is 14.9. The number of halogens is 2. The minimum atomic E-state index is -4.02. The summed E-state index contributed by atoms with van der Waals surface area (Å²) in [5.74, 6) is -1.80. The Bertz CT molecular complexity index is 2120. The number of aryl methyl sites for hydroxylation is 1. The number of carbonyl (C=O) groups is 1. The first kappa shape index (κ1) is 28.2. The minimum absolute atomic E-state index is 0.0378. The summed E-state index contributed by atoms with van der Waals surface area (Å²) in [5, 5.41) is 20.6. The Morgan fingerprint density at radius 1 is 1.27 bits per heavy atom. The van der Waals surface area contributed by atoms with Crippen molar-refractivity contribution < 1.29 is 27.4 Å². The first-order chi connectivity index (χ1) is 19.4. The molecule has 14 heteroatoms. The van der Waals surface area contributed by atoms with E-state index in [2.05, 4.69) is 9.97 Å². The van der Waals surface area contributed by atoms with Gasteiger partial charge in [-0.1, -0.05) is 11.6 Å². The van der Waals surface area contributed by atoms with Gasteiger partial charge in [0.25, 0.3) is 5.56 Å². The predicted molar refractivity (Wildman–Crippen MR) is 151 cm³/mol. The van der Waals surface area contributed by atoms with Gasteiger partial charge in [-0.05, 0) is 37.3 Å². The largest absolute Gasteiger partial charge is 0.491 e. The summed E-state index contributed by atoms with van der Waals surface area (Å²) in [4.78, 5) is 32.7. The summed E-state index contributed by atoms with van der Waals surface area (Å²) in [6, 6.07) is 9.19. The highest BCUT2D eigenvalue weighted by molar-refractivity contribution is 7.90. The Labute approximate surface area is 240 Å². The van der Waals surface area contributed by atoms with E-state index in [0.29, 0.717) is 32.1 Å². The molecule has 0 aliphatic carbocycles. The summed E-state index contributed by atoms with van der Waals surface area (Å²) in [6.45, 7) is 1.44. The highest BCUT2D eigenvalue weighted by atomic mass is 35.5. The molecule has 1 N–H and O–H groups in total. The molecule has 3 heterocycles. The standard InChI is InChI=1S/C27H18ClFN4O6S2/c1-13-32-19-10-21(41(2,37)38)23(29)17(11-30)22(19)26(34)33(13)7-8-39-20-4-3-14(28)9-16(20)15-5-6-31-24-18(27(35)36)12-40-25(15)24/h3-6,9-10,12H,7-8H2,1-2H3,(H,35,36). The van der Waals surface area contributed by atoms with Crippen LogP contribution in [0.2, 0.25) is 5.02 Å². The number of pyridine rings is 1. The number of rotatable bonds is 7. The van der Waals surface area contributed by atoms with Gasteiger partial charge in [0.15, 0.2) is 15.7 Å². The second-order valence-corrected chi connectivity index (χ2v) is 12.2. The van der Waals surface area contributed by atoms with E-state index in [-0.39, 0.29) is 35.4 Å². The molecule has 5 aromatic rings. The summed E-state index contributed by atoms with van der Waals surface area (Å²) >= 11 is 7.49. The first-order valence-corrected chi connectivity index (χ1v) is 14.9. The van der Waals surface area contributed by atoms with Crippen molar-refractivity contribution in [1.29, 1.82) is 5.26 Å². The molecule has 5 rings (SSSR count). The fourth-order valence-corrected chi connectivity index (χ4v) is 6.42. The van der Waals surface area contributed by atoms with Gasteiger partial charge in [0.1, 0.15) is 34.7 Å². The Morgan fingerprint density at radius 2 is 2.02 bits per heavy atom. The minimum Gasteiger partial charge on any atom is -0.491 e. The van der Waals surface area contributed by atoms with Gasteiger partial charge in [-0.15, -0.1) is 11.3 Å². The molecule has 0 aliphatic rings. The zero-order valence-electron chi connectivity index (χ0n) is 21.3. The second kappa shape index (κ2) is 10.5. The Balaban J connectivity index is 1.52. The van der Waals surface area contributed by atoms with Gasteiger partial charge in [-0.25, -0.2) is 22.6 Å². The number of nitriles is 1. The lowest BCUT2D eigenvalue weighted by atomic mass is 10.0. The van der Waals surface area contributed by atoms with Gasteiger partial charge in [0.05, 0.1) is 33.2 Å². The third-order valence-corrected chi connectivity index (χ3v) is 8.68. The molecule has 0 aliphatic heterocycles. The number of carboxylic acids is 1. The van der Waals surface area contributed by atoms with E-state index in [1.807, 2.05) is 0 Å². The Hall–Kier alpha value is -4.38. The number of nitrogens with zero attached hydrogens (tertiary/aromatic N) is 4. The predicted octanol–water partition coefficient (Wildman–Crippen LogP) is 4.83. The third-order valence-electron chi connectivity index (χ3n) is 6.34. The van der Waals surface area contributed by atoms with Crippen LogP contribution in [0.25, 0.3) is 32.2 Å². The molecule has 0 atom stereocenters. The van der Waals surface area contributed by atoms with Crippen molar-refractivity contribution in [2.45, 2.75) is 18.4 Å². The van der Waals surface area contributed by atoms with Gasteiger partial charge in [0.2, 0.25) is 0 Å². The number of sulfone groups is 1. The smallest absolute Gasteiger partial charge is 0.338 e. The summed E-state index contributed by atoms with van der Waals surface area (Å²) in [7, 11) is -4.02. The van der Waals surface area contributed by atoms with Crippen LogP contribution >= 0.6 is 22.9 Å². The van der Waals surface area contributed by atoms with Crippen LogP contribution in [-0.4, -0.2) is 46.9 Å². The van der Waals surface area contributed by atoms with Crippen molar-refractivity contribution in [1.82, 2.24) is 14.5 Å². The van der Waals surface area contributed by atoms with Gasteiger partial charge >= 0.3 is 5.97 Å². The van der Waals surface area contributed by atoms with Gasteiger partial charge in [0, 0.05) is 34.0 Å². The van der Waals surface area contributed by atoms with Crippen molar-refractivity contribution in [2.75, 3.05) is 12.9 Å². The van der Waals surface area contributed by atoms with Crippen molar-refractivity contribution in [3.63, 3.8) is 0 Å². The van der Waals surface area contributed by atoms with Crippen molar-refractivity contribution >= 4 is 59.9 Å². The van der Waals surface area contributed by atoms with Crippen LogP contribution in [0, 0.1) is 24.1 Å². The van der Waals surface area contributed by atoms with Crippen molar-refractivity contribution in [3.8, 4) is 22.9 Å². The van der Waals surface area contributed by atoms with Crippen LogP contribution < -0.4 is 10.3 Å². The lowest BCUT2D eigenvalue weighted by molar-refractivity contribution is 0.0699. The highest BCUT2D eigenvalue weighted by Crippen LogP contribution is 2.39. The zero-order valence-corrected chi connectivity index (χ0v) is 23.7. The van der Waals surface area contributed by atoms with E-state index in [9.17, 15) is 32.8 Å². The average molecular weight is 613 g/mol. The molecule has 41 heavy (non-hydrogen) atoms. The van der Waals surface area contributed by atoms with Gasteiger partial charge in [-0.3, -0.25) is 14.3 Å². The molecule has 0 spiro atoms. The second-order valence-electron chi connectivity index (χ2n) is 8.94. The van der Waals surface area contributed by atoms with Crippen LogP contribution in [0.3, 0.4) is 0 Å². The number of carboxylic acid groups (broad SMARTS) is 1. The van der Waals surface area contributed by atoms with Gasteiger partial charge in [-0.2, -0.15) is 5.26 Å². The lowest BCUT2D eigenvalue weighted by Gasteiger charge is -2.15. The molecular weight excluding hydrogens is 595 g/mol. The van der Waals surface area contributed by atoms with Crippen LogP contribution in [0.15, 0.2) is 51.6 Å². The molecule has 0 amide bonds. The SMILES string of the molecule is Cc1nc2cc(S(C)(=O)=O)c(F)c(C#N)c2c(=O)n1CCOc1ccc(Cl)cc1-c1ccnc2c(C(=O)O)csc12. The molecule has 10 nitrogen and oxygen atoms in total. The molecular formula is C27H18ClFN4O6S2. The number of aromatic carboxylic acids is 1. The van der Waals surface area contributed by atoms with E-state index in [1.165, 1.54) is 34.4 Å². The van der Waals surface area contributed by atoms with Crippen LogP contribution in [0.1, 0.15) is 21.7 Å². The van der Waals surface area contributed by atoms with Gasteiger partial charge < -0.3 is 9.84 Å². The first-order valence-electron chi connectivity index (χ1n) is 11.8. The van der Waals surface area contributed by atoms with E-state index in [0.717, 1.165) is 12.3 Å². The van der Waals surface area contributed by atoms with E-state index >= 15 is 0 Å². The molecule has 208 valence electrons. The number of hydrogen-bond acceptors (Lipinski definition) is 9. The molecule has 0 radical (unpaired) electrons. The molecule has 0 saturated carbocycles. The fourth-order valence-electron chi connectivity index (χ4n) is 4.46. The normalized spacial score (nSPS) is 11.6. The Kier molecular flexibility index (Phi) is 7.24. The molecule has 0 fully saturated rings. The highest BCUT2D eigenvalue weighted by Gasteiger charge is 2.24. The summed E-state index contributed by atoms with van der Waals surface area (Å²) in [6.07, 6.45) is 2.29. The maximum Gasteiger partial charge on any atom is 0.338 e. The quantitative estimate of drug-likeness (QED) is 0.272. The molecule has 3 aromatic heterocycles. The number of benzene rings is 2. The van der Waals surface area contributed by atoms with Crippen molar-refractivity contribution in [3.05, 3.63) is 80.1 Å². The number of thiophene rings is 1. The monoisotopic (exact) mass is 612 g/mol. The molecule has 0 bridgehead atoms. The molecule has 2 aromatic carbocycles. The number of aromatic nitrogens is 3. The van der Waals surface area contributed by atoms with E-state index < -0.39 is 37.6 Å². The van der Waals surface area contributed by atoms with Crippen molar-refractivity contribution in [2.24, 2.45) is 0 Å². The van der Waals surface area contributed by atoms with E-state index in [4.69, 9.17) is 16.3 Å². The zero-order chi connectivity index (χ0) is 29.6. The average Bonchev–Trinajstić information content (AvgIpc) is 3.35. The summed E-state index contributed by atoms with van der Waals surface area (Å²) in [5.41, 5.74) is 0.100. The number of fused-ring (bicyclic) bond motifs is 2. The maximum absolute atomic E-state index is 14.9. The Morgan fingerprint density at radius 3 is 2.71 bits per heavy atom. The van der Waals surface area contributed by atoms with E-state index in [1.54, 1.807) is 30.3 Å². The third kappa shape index (κ3) is 5.01.